The van der Waals surface area contributed by atoms with E-state index in [0.717, 1.165) is 30.3 Å². The number of nitrogens with zero attached hydrogens (tertiary/aromatic N) is 2. The summed E-state index contributed by atoms with van der Waals surface area (Å²) in [5.41, 5.74) is 5.21. The highest BCUT2D eigenvalue weighted by atomic mass is 32.1. The van der Waals surface area contributed by atoms with Gasteiger partial charge in [0.1, 0.15) is 0 Å². The summed E-state index contributed by atoms with van der Waals surface area (Å²) in [5.74, 6) is 0. The summed E-state index contributed by atoms with van der Waals surface area (Å²) in [6, 6.07) is 6.70. The molecular weight excluding hydrogens is 242 g/mol. The van der Waals surface area contributed by atoms with E-state index in [4.69, 9.17) is 0 Å². The molecule has 3 nitrogen and oxygen atoms in total. The van der Waals surface area contributed by atoms with E-state index in [0.29, 0.717) is 0 Å². The second kappa shape index (κ2) is 4.71. The summed E-state index contributed by atoms with van der Waals surface area (Å²) in [4.78, 5) is 6.71. The molecule has 94 valence electrons. The van der Waals surface area contributed by atoms with Crippen LogP contribution in [0.25, 0.3) is 11.3 Å². The molecule has 0 spiro atoms. The van der Waals surface area contributed by atoms with Gasteiger partial charge in [-0.15, -0.1) is 11.3 Å². The first-order valence-corrected chi connectivity index (χ1v) is 7.08. The van der Waals surface area contributed by atoms with Crippen molar-refractivity contribution < 1.29 is 0 Å². The Labute approximate surface area is 111 Å². The molecule has 1 N–H and O–H groups in total. The van der Waals surface area contributed by atoms with E-state index < -0.39 is 0 Å². The van der Waals surface area contributed by atoms with Gasteiger partial charge in [-0.1, -0.05) is 12.1 Å². The molecule has 1 aromatic heterocycles. The number of hydrogen-bond donors (Lipinski definition) is 1. The van der Waals surface area contributed by atoms with Gasteiger partial charge >= 0.3 is 0 Å². The van der Waals surface area contributed by atoms with Gasteiger partial charge in [0.15, 0.2) is 5.13 Å². The average Bonchev–Trinajstić information content (AvgIpc) is 2.88. The fourth-order valence-corrected chi connectivity index (χ4v) is 3.01. The van der Waals surface area contributed by atoms with Crippen molar-refractivity contribution in [1.82, 2.24) is 10.3 Å². The summed E-state index contributed by atoms with van der Waals surface area (Å²) < 4.78 is 0. The predicted molar refractivity (Wildman–Crippen MR) is 77.3 cm³/mol. The highest BCUT2D eigenvalue weighted by Crippen LogP contribution is 2.28. The molecule has 0 saturated carbocycles. The van der Waals surface area contributed by atoms with E-state index in [9.17, 15) is 0 Å². The lowest BCUT2D eigenvalue weighted by atomic mass is 9.98. The molecule has 0 bridgehead atoms. The molecular formula is C14H17N3S. The van der Waals surface area contributed by atoms with Crippen molar-refractivity contribution in [1.29, 1.82) is 0 Å². The SMILES string of the molecule is CN(C)c1nc(-c2ccc3c(c2)CCNC3)cs1. The molecule has 0 atom stereocenters. The molecule has 4 heteroatoms. The molecule has 0 unspecified atom stereocenters. The van der Waals surface area contributed by atoms with Crippen molar-refractivity contribution in [2.24, 2.45) is 0 Å². The zero-order chi connectivity index (χ0) is 12.5. The van der Waals surface area contributed by atoms with E-state index in [2.05, 4.69) is 38.8 Å². The van der Waals surface area contributed by atoms with Crippen LogP contribution in [-0.4, -0.2) is 25.6 Å². The lowest BCUT2D eigenvalue weighted by molar-refractivity contribution is 0.644. The average molecular weight is 259 g/mol. The zero-order valence-corrected chi connectivity index (χ0v) is 11.5. The lowest BCUT2D eigenvalue weighted by Gasteiger charge is -2.17. The standard InChI is InChI=1S/C14H17N3S/c1-17(2)14-16-13(9-18-14)11-3-4-12-8-15-6-5-10(12)7-11/h3-4,7,9,15H,5-6,8H2,1-2H3. The molecule has 18 heavy (non-hydrogen) atoms. The molecule has 2 heterocycles. The summed E-state index contributed by atoms with van der Waals surface area (Å²) in [5, 5.41) is 6.60. The maximum atomic E-state index is 4.66. The first-order valence-electron chi connectivity index (χ1n) is 6.20. The minimum Gasteiger partial charge on any atom is -0.354 e. The minimum absolute atomic E-state index is 0.996. The Hall–Kier alpha value is -1.39. The van der Waals surface area contributed by atoms with Crippen LogP contribution in [0.3, 0.4) is 0 Å². The Kier molecular flexibility index (Phi) is 3.06. The van der Waals surface area contributed by atoms with Gasteiger partial charge in [-0.25, -0.2) is 4.98 Å². The Morgan fingerprint density at radius 1 is 1.28 bits per heavy atom. The van der Waals surface area contributed by atoms with Gasteiger partial charge in [-0.3, -0.25) is 0 Å². The molecule has 1 aliphatic rings. The second-order valence-corrected chi connectivity index (χ2v) is 5.66. The van der Waals surface area contributed by atoms with Crippen LogP contribution in [0.5, 0.6) is 0 Å². The summed E-state index contributed by atoms with van der Waals surface area (Å²) in [6.07, 6.45) is 1.12. The van der Waals surface area contributed by atoms with Crippen LogP contribution in [-0.2, 0) is 13.0 Å². The number of fused-ring (bicyclic) bond motifs is 1. The van der Waals surface area contributed by atoms with E-state index in [1.165, 1.54) is 16.7 Å². The number of aromatic nitrogens is 1. The molecule has 0 radical (unpaired) electrons. The third-order valence-corrected chi connectivity index (χ3v) is 4.27. The van der Waals surface area contributed by atoms with Crippen LogP contribution in [0.4, 0.5) is 5.13 Å². The summed E-state index contributed by atoms with van der Waals surface area (Å²) in [7, 11) is 4.06. The van der Waals surface area contributed by atoms with Crippen molar-refractivity contribution in [3.8, 4) is 11.3 Å². The van der Waals surface area contributed by atoms with Gasteiger partial charge in [0.2, 0.25) is 0 Å². The smallest absolute Gasteiger partial charge is 0.185 e. The van der Waals surface area contributed by atoms with E-state index in [1.807, 2.05) is 14.1 Å². The van der Waals surface area contributed by atoms with Gasteiger partial charge in [-0.2, -0.15) is 0 Å². The topological polar surface area (TPSA) is 28.2 Å². The van der Waals surface area contributed by atoms with E-state index in [1.54, 1.807) is 11.3 Å². The number of hydrogen-bond acceptors (Lipinski definition) is 4. The van der Waals surface area contributed by atoms with Crippen molar-refractivity contribution in [2.45, 2.75) is 13.0 Å². The highest BCUT2D eigenvalue weighted by Gasteiger charge is 2.11. The van der Waals surface area contributed by atoms with Gasteiger partial charge in [-0.05, 0) is 30.2 Å². The van der Waals surface area contributed by atoms with Crippen LogP contribution >= 0.6 is 11.3 Å². The highest BCUT2D eigenvalue weighted by molar-refractivity contribution is 7.14. The normalized spacial score (nSPS) is 14.3. The minimum atomic E-state index is 0.996. The third kappa shape index (κ3) is 2.13. The molecule has 0 amide bonds. The molecule has 1 aliphatic heterocycles. The molecule has 0 fully saturated rings. The Bertz CT molecular complexity index is 560. The number of nitrogens with one attached hydrogen (secondary N) is 1. The molecule has 0 aliphatic carbocycles. The quantitative estimate of drug-likeness (QED) is 0.898. The lowest BCUT2D eigenvalue weighted by Crippen LogP contribution is -2.23. The zero-order valence-electron chi connectivity index (χ0n) is 10.7. The number of benzene rings is 1. The van der Waals surface area contributed by atoms with Crippen molar-refractivity contribution in [3.63, 3.8) is 0 Å². The largest absolute Gasteiger partial charge is 0.354 e. The molecule has 1 aromatic carbocycles. The van der Waals surface area contributed by atoms with E-state index >= 15 is 0 Å². The molecule has 0 saturated heterocycles. The second-order valence-electron chi connectivity index (χ2n) is 4.82. The molecule has 2 aromatic rings. The maximum absolute atomic E-state index is 4.66. The maximum Gasteiger partial charge on any atom is 0.185 e. The fourth-order valence-electron chi connectivity index (χ4n) is 2.24. The monoisotopic (exact) mass is 259 g/mol. The Morgan fingerprint density at radius 3 is 2.94 bits per heavy atom. The van der Waals surface area contributed by atoms with Gasteiger partial charge in [0.05, 0.1) is 5.69 Å². The van der Waals surface area contributed by atoms with Crippen LogP contribution in [0.1, 0.15) is 11.1 Å². The third-order valence-electron chi connectivity index (χ3n) is 3.26. The Balaban J connectivity index is 1.95. The number of rotatable bonds is 2. The summed E-state index contributed by atoms with van der Waals surface area (Å²) >= 11 is 1.69. The van der Waals surface area contributed by atoms with Crippen molar-refractivity contribution in [3.05, 3.63) is 34.7 Å². The van der Waals surface area contributed by atoms with Crippen LogP contribution in [0.2, 0.25) is 0 Å². The number of anilines is 1. The van der Waals surface area contributed by atoms with Gasteiger partial charge in [0.25, 0.3) is 0 Å². The van der Waals surface area contributed by atoms with E-state index in [-0.39, 0.29) is 0 Å². The predicted octanol–water partition coefficient (Wildman–Crippen LogP) is 2.52. The van der Waals surface area contributed by atoms with Crippen molar-refractivity contribution >= 4 is 16.5 Å². The first-order chi connectivity index (χ1) is 8.74. The fraction of sp³-hybridized carbons (Fsp3) is 0.357. The van der Waals surface area contributed by atoms with Crippen LogP contribution in [0, 0.1) is 0 Å². The van der Waals surface area contributed by atoms with Gasteiger partial charge in [0, 0.05) is 31.6 Å². The summed E-state index contributed by atoms with van der Waals surface area (Å²) in [6.45, 7) is 2.08. The van der Waals surface area contributed by atoms with Gasteiger partial charge < -0.3 is 10.2 Å². The Morgan fingerprint density at radius 2 is 2.17 bits per heavy atom. The van der Waals surface area contributed by atoms with Crippen LogP contribution in [0.15, 0.2) is 23.6 Å². The van der Waals surface area contributed by atoms with Crippen molar-refractivity contribution in [2.75, 3.05) is 25.5 Å². The van der Waals surface area contributed by atoms with Crippen LogP contribution < -0.4 is 10.2 Å². The number of thiazole rings is 1. The first kappa shape index (κ1) is 11.7. The molecule has 3 rings (SSSR count).